The number of hydrogen-bond donors (Lipinski definition) is 1. The Bertz CT molecular complexity index is 723. The third-order valence-electron chi connectivity index (χ3n) is 4.01. The monoisotopic (exact) mass is 379 g/mol. The lowest BCUT2D eigenvalue weighted by molar-refractivity contribution is 0.0941. The summed E-state index contributed by atoms with van der Waals surface area (Å²) < 4.78 is 18.6. The van der Waals surface area contributed by atoms with Gasteiger partial charge >= 0.3 is 5.69 Å². The summed E-state index contributed by atoms with van der Waals surface area (Å²) in [6.07, 6.45) is 3.13. The molecular formula is C18H25N3O4S. The minimum Gasteiger partial charge on any atom is -0.494 e. The zero-order chi connectivity index (χ0) is 18.2. The second-order valence-corrected chi connectivity index (χ2v) is 7.14. The van der Waals surface area contributed by atoms with Gasteiger partial charge in [0.1, 0.15) is 11.5 Å². The maximum Gasteiger partial charge on any atom is 0.344 e. The van der Waals surface area contributed by atoms with Crippen LogP contribution in [0.5, 0.6) is 11.5 Å². The summed E-state index contributed by atoms with van der Waals surface area (Å²) in [6, 6.07) is 7.62. The van der Waals surface area contributed by atoms with Gasteiger partial charge in [0.2, 0.25) is 0 Å². The Balaban J connectivity index is 1.44. The molecule has 1 aromatic heterocycles. The standard InChI is InChI=1S/C18H25N3O4S/c1-2-9-23-14-5-7-15(8-6-14)25-11-12-26-18-20-19-17(22)21(18)13-16-4-3-10-24-16/h5-8,16H,2-4,9-13H2,1H3,(H,19,22). The summed E-state index contributed by atoms with van der Waals surface area (Å²) in [5, 5.41) is 7.30. The molecule has 2 aromatic rings. The van der Waals surface area contributed by atoms with Gasteiger partial charge in [-0.05, 0) is 43.5 Å². The molecule has 1 aliphatic rings. The van der Waals surface area contributed by atoms with E-state index in [9.17, 15) is 4.79 Å². The molecule has 1 aromatic carbocycles. The van der Waals surface area contributed by atoms with E-state index in [1.807, 2.05) is 24.3 Å². The summed E-state index contributed by atoms with van der Waals surface area (Å²) >= 11 is 1.50. The molecule has 142 valence electrons. The van der Waals surface area contributed by atoms with E-state index in [1.54, 1.807) is 4.57 Å². The van der Waals surface area contributed by atoms with Gasteiger partial charge in [-0.25, -0.2) is 9.89 Å². The first-order valence-electron chi connectivity index (χ1n) is 9.01. The first-order valence-corrected chi connectivity index (χ1v) is 10.00. The minimum atomic E-state index is -0.188. The van der Waals surface area contributed by atoms with Crippen molar-refractivity contribution in [1.82, 2.24) is 14.8 Å². The van der Waals surface area contributed by atoms with Gasteiger partial charge in [-0.15, -0.1) is 5.10 Å². The van der Waals surface area contributed by atoms with Crippen LogP contribution in [0, 0.1) is 0 Å². The molecule has 0 aliphatic carbocycles. The molecule has 26 heavy (non-hydrogen) atoms. The highest BCUT2D eigenvalue weighted by molar-refractivity contribution is 7.99. The molecule has 0 bridgehead atoms. The Morgan fingerprint density at radius 1 is 1.27 bits per heavy atom. The van der Waals surface area contributed by atoms with Crippen LogP contribution in [0.25, 0.3) is 0 Å². The fourth-order valence-corrected chi connectivity index (χ4v) is 3.48. The maximum atomic E-state index is 11.9. The van der Waals surface area contributed by atoms with Crippen LogP contribution in [-0.2, 0) is 11.3 Å². The number of hydrogen-bond acceptors (Lipinski definition) is 6. The topological polar surface area (TPSA) is 78.4 Å². The second kappa shape index (κ2) is 9.68. The maximum absolute atomic E-state index is 11.9. The van der Waals surface area contributed by atoms with E-state index in [-0.39, 0.29) is 11.8 Å². The van der Waals surface area contributed by atoms with Crippen LogP contribution in [0.3, 0.4) is 0 Å². The van der Waals surface area contributed by atoms with Crippen LogP contribution in [0.4, 0.5) is 0 Å². The third-order valence-corrected chi connectivity index (χ3v) is 4.95. The SMILES string of the molecule is CCCOc1ccc(OCCSc2n[nH]c(=O)n2CC2CCCO2)cc1. The summed E-state index contributed by atoms with van der Waals surface area (Å²) in [4.78, 5) is 11.9. The van der Waals surface area contributed by atoms with Gasteiger partial charge in [-0.2, -0.15) is 0 Å². The minimum absolute atomic E-state index is 0.106. The highest BCUT2D eigenvalue weighted by atomic mass is 32.2. The van der Waals surface area contributed by atoms with E-state index in [0.717, 1.165) is 37.4 Å². The Morgan fingerprint density at radius 2 is 2.00 bits per heavy atom. The smallest absolute Gasteiger partial charge is 0.344 e. The normalized spacial score (nSPS) is 16.7. The number of nitrogens with zero attached hydrogens (tertiary/aromatic N) is 2. The number of thioether (sulfide) groups is 1. The summed E-state index contributed by atoms with van der Waals surface area (Å²) in [5.74, 6) is 2.35. The van der Waals surface area contributed by atoms with Gasteiger partial charge in [0.15, 0.2) is 5.16 Å². The van der Waals surface area contributed by atoms with Crippen molar-refractivity contribution >= 4 is 11.8 Å². The van der Waals surface area contributed by atoms with Gasteiger partial charge in [0.25, 0.3) is 0 Å². The van der Waals surface area contributed by atoms with Crippen molar-refractivity contribution in [2.75, 3.05) is 25.6 Å². The average molecular weight is 379 g/mol. The fourth-order valence-electron chi connectivity index (χ4n) is 2.71. The molecule has 0 amide bonds. The highest BCUT2D eigenvalue weighted by Gasteiger charge is 2.19. The number of ether oxygens (including phenoxy) is 3. The van der Waals surface area contributed by atoms with Gasteiger partial charge < -0.3 is 14.2 Å². The van der Waals surface area contributed by atoms with E-state index in [1.165, 1.54) is 11.8 Å². The molecule has 0 radical (unpaired) electrons. The van der Waals surface area contributed by atoms with E-state index in [4.69, 9.17) is 14.2 Å². The van der Waals surface area contributed by atoms with Crippen LogP contribution in [-0.4, -0.2) is 46.4 Å². The van der Waals surface area contributed by atoms with Crippen LogP contribution in [0.15, 0.2) is 34.2 Å². The highest BCUT2D eigenvalue weighted by Crippen LogP contribution is 2.20. The Kier molecular flexibility index (Phi) is 7.02. The molecular weight excluding hydrogens is 354 g/mol. The van der Waals surface area contributed by atoms with E-state index in [0.29, 0.717) is 30.7 Å². The fraction of sp³-hybridized carbons (Fsp3) is 0.556. The van der Waals surface area contributed by atoms with Crippen LogP contribution >= 0.6 is 11.8 Å². The van der Waals surface area contributed by atoms with Crippen molar-refractivity contribution in [3.05, 3.63) is 34.7 Å². The number of H-pyrrole nitrogens is 1. The van der Waals surface area contributed by atoms with E-state index < -0.39 is 0 Å². The lowest BCUT2D eigenvalue weighted by Crippen LogP contribution is -2.25. The van der Waals surface area contributed by atoms with Crippen LogP contribution in [0.1, 0.15) is 26.2 Å². The average Bonchev–Trinajstić information content (AvgIpc) is 3.29. The molecule has 8 heteroatoms. The van der Waals surface area contributed by atoms with E-state index >= 15 is 0 Å². The number of rotatable bonds is 10. The Labute approximate surface area is 157 Å². The number of aromatic nitrogens is 3. The summed E-state index contributed by atoms with van der Waals surface area (Å²) in [7, 11) is 0. The van der Waals surface area contributed by atoms with Gasteiger partial charge in [0.05, 0.1) is 25.9 Å². The Morgan fingerprint density at radius 3 is 2.65 bits per heavy atom. The molecule has 7 nitrogen and oxygen atoms in total. The molecule has 0 saturated carbocycles. The third kappa shape index (κ3) is 5.28. The first kappa shape index (κ1) is 18.8. The zero-order valence-corrected chi connectivity index (χ0v) is 15.8. The molecule has 1 unspecified atom stereocenters. The molecule has 2 heterocycles. The van der Waals surface area contributed by atoms with Gasteiger partial charge in [-0.1, -0.05) is 18.7 Å². The summed E-state index contributed by atoms with van der Waals surface area (Å²) in [6.45, 7) is 4.65. The predicted octanol–water partition coefficient (Wildman–Crippen LogP) is 2.71. The van der Waals surface area contributed by atoms with Crippen molar-refractivity contribution in [1.29, 1.82) is 0 Å². The van der Waals surface area contributed by atoms with Crippen LogP contribution in [0.2, 0.25) is 0 Å². The molecule has 0 spiro atoms. The summed E-state index contributed by atoms with van der Waals surface area (Å²) in [5.41, 5.74) is -0.188. The number of aromatic amines is 1. The van der Waals surface area contributed by atoms with Crippen molar-refractivity contribution in [3.8, 4) is 11.5 Å². The molecule has 1 atom stereocenters. The largest absolute Gasteiger partial charge is 0.494 e. The number of benzene rings is 1. The van der Waals surface area contributed by atoms with Crippen molar-refractivity contribution < 1.29 is 14.2 Å². The Hall–Kier alpha value is -1.93. The quantitative estimate of drug-likeness (QED) is 0.505. The lowest BCUT2D eigenvalue weighted by atomic mass is 10.2. The lowest BCUT2D eigenvalue weighted by Gasteiger charge is -2.11. The number of nitrogens with one attached hydrogen (secondary N) is 1. The first-order chi connectivity index (χ1) is 12.8. The molecule has 3 rings (SSSR count). The molecule has 1 N–H and O–H groups in total. The van der Waals surface area contributed by atoms with Crippen LogP contribution < -0.4 is 15.2 Å². The zero-order valence-electron chi connectivity index (χ0n) is 15.0. The molecule has 1 aliphatic heterocycles. The molecule has 1 saturated heterocycles. The predicted molar refractivity (Wildman–Crippen MR) is 100 cm³/mol. The van der Waals surface area contributed by atoms with Crippen molar-refractivity contribution in [2.45, 2.75) is 44.0 Å². The van der Waals surface area contributed by atoms with Gasteiger partial charge in [-0.3, -0.25) is 4.57 Å². The van der Waals surface area contributed by atoms with Crippen molar-refractivity contribution in [2.24, 2.45) is 0 Å². The second-order valence-electron chi connectivity index (χ2n) is 6.07. The molecule has 1 fully saturated rings. The van der Waals surface area contributed by atoms with E-state index in [2.05, 4.69) is 17.1 Å². The van der Waals surface area contributed by atoms with Gasteiger partial charge in [0, 0.05) is 12.4 Å². The van der Waals surface area contributed by atoms with Crippen molar-refractivity contribution in [3.63, 3.8) is 0 Å².